The molecule has 0 atom stereocenters. The van der Waals surface area contributed by atoms with Crippen LogP contribution in [0.2, 0.25) is 0 Å². The average Bonchev–Trinajstić information content (AvgIpc) is 2.70. The van der Waals surface area contributed by atoms with Gasteiger partial charge in [0.05, 0.1) is 0 Å². The topological polar surface area (TPSA) is 12.0 Å². The number of thiophene rings is 1. The monoisotopic (exact) mass is 245 g/mol. The van der Waals surface area contributed by atoms with Crippen LogP contribution in [0.3, 0.4) is 0 Å². The largest absolute Gasteiger partial charge is 0.313 e. The molecule has 1 aliphatic rings. The molecule has 1 aromatic carbocycles. The molecule has 0 aliphatic heterocycles. The van der Waals surface area contributed by atoms with Gasteiger partial charge in [-0.05, 0) is 41.3 Å². The molecule has 17 heavy (non-hydrogen) atoms. The molecule has 0 saturated heterocycles. The van der Waals surface area contributed by atoms with Gasteiger partial charge in [-0.15, -0.1) is 11.3 Å². The van der Waals surface area contributed by atoms with Crippen molar-refractivity contribution in [3.8, 4) is 0 Å². The van der Waals surface area contributed by atoms with Gasteiger partial charge in [0.15, 0.2) is 0 Å². The number of hydrogen-bond acceptors (Lipinski definition) is 2. The standard InChI is InChI=1S/C15H19NS/c1-2-7-15-14(6-1)13(11-17-15)10-16-9-8-12-4-3-5-12/h1-2,6-7,11-12,16H,3-5,8-10H2. The highest BCUT2D eigenvalue weighted by Gasteiger charge is 2.16. The molecule has 1 heterocycles. The minimum absolute atomic E-state index is 1.02. The average molecular weight is 245 g/mol. The van der Waals surface area contributed by atoms with Gasteiger partial charge in [0.25, 0.3) is 0 Å². The summed E-state index contributed by atoms with van der Waals surface area (Å²) in [5.74, 6) is 1.02. The van der Waals surface area contributed by atoms with E-state index in [-0.39, 0.29) is 0 Å². The van der Waals surface area contributed by atoms with Gasteiger partial charge in [0, 0.05) is 11.2 Å². The Morgan fingerprint density at radius 3 is 2.94 bits per heavy atom. The summed E-state index contributed by atoms with van der Waals surface area (Å²) >= 11 is 1.85. The molecule has 1 aromatic heterocycles. The van der Waals surface area contributed by atoms with Crippen LogP contribution in [-0.4, -0.2) is 6.54 Å². The molecule has 0 bridgehead atoms. The maximum absolute atomic E-state index is 3.59. The molecule has 0 spiro atoms. The maximum Gasteiger partial charge on any atom is 0.0346 e. The van der Waals surface area contributed by atoms with E-state index < -0.39 is 0 Å². The van der Waals surface area contributed by atoms with Crippen molar-refractivity contribution in [1.82, 2.24) is 5.32 Å². The fourth-order valence-electron chi connectivity index (χ4n) is 2.48. The molecule has 0 amide bonds. The van der Waals surface area contributed by atoms with Crippen LogP contribution < -0.4 is 5.32 Å². The van der Waals surface area contributed by atoms with E-state index in [1.165, 1.54) is 47.9 Å². The summed E-state index contributed by atoms with van der Waals surface area (Å²) in [5.41, 5.74) is 1.46. The molecule has 90 valence electrons. The van der Waals surface area contributed by atoms with E-state index in [1.807, 2.05) is 11.3 Å². The molecule has 1 nitrogen and oxygen atoms in total. The van der Waals surface area contributed by atoms with Crippen LogP contribution in [0.15, 0.2) is 29.6 Å². The van der Waals surface area contributed by atoms with Crippen molar-refractivity contribution in [1.29, 1.82) is 0 Å². The van der Waals surface area contributed by atoms with Crippen LogP contribution in [0.25, 0.3) is 10.1 Å². The number of nitrogens with one attached hydrogen (secondary N) is 1. The molecule has 0 unspecified atom stereocenters. The predicted molar refractivity (Wildman–Crippen MR) is 75.5 cm³/mol. The number of fused-ring (bicyclic) bond motifs is 1. The third kappa shape index (κ3) is 2.53. The maximum atomic E-state index is 3.59. The van der Waals surface area contributed by atoms with Gasteiger partial charge in [-0.3, -0.25) is 0 Å². The third-order valence-electron chi connectivity index (χ3n) is 3.83. The van der Waals surface area contributed by atoms with E-state index >= 15 is 0 Å². The Bertz CT molecular complexity index is 484. The van der Waals surface area contributed by atoms with Gasteiger partial charge >= 0.3 is 0 Å². The van der Waals surface area contributed by atoms with Crippen molar-refractivity contribution in [2.24, 2.45) is 5.92 Å². The SMILES string of the molecule is c1ccc2c(CNCCC3CCC3)csc2c1. The molecule has 1 saturated carbocycles. The van der Waals surface area contributed by atoms with Gasteiger partial charge in [-0.1, -0.05) is 37.5 Å². The first kappa shape index (κ1) is 11.2. The lowest BCUT2D eigenvalue weighted by Gasteiger charge is -2.25. The van der Waals surface area contributed by atoms with Gasteiger partial charge in [0.2, 0.25) is 0 Å². The molecule has 1 N–H and O–H groups in total. The summed E-state index contributed by atoms with van der Waals surface area (Å²) in [6, 6.07) is 8.69. The number of rotatable bonds is 5. The number of hydrogen-bond donors (Lipinski definition) is 1. The van der Waals surface area contributed by atoms with Crippen molar-refractivity contribution >= 4 is 21.4 Å². The van der Waals surface area contributed by atoms with Crippen LogP contribution in [0, 0.1) is 5.92 Å². The fourth-order valence-corrected chi connectivity index (χ4v) is 3.44. The second kappa shape index (κ2) is 5.19. The van der Waals surface area contributed by atoms with Crippen LogP contribution >= 0.6 is 11.3 Å². The van der Waals surface area contributed by atoms with E-state index in [1.54, 1.807) is 0 Å². The summed E-state index contributed by atoms with van der Waals surface area (Å²) < 4.78 is 1.41. The van der Waals surface area contributed by atoms with Gasteiger partial charge in [-0.2, -0.15) is 0 Å². The van der Waals surface area contributed by atoms with Crippen LogP contribution in [0.1, 0.15) is 31.2 Å². The predicted octanol–water partition coefficient (Wildman–Crippen LogP) is 4.18. The second-order valence-corrected chi connectivity index (χ2v) is 5.93. The molecule has 0 radical (unpaired) electrons. The fraction of sp³-hybridized carbons (Fsp3) is 0.467. The van der Waals surface area contributed by atoms with E-state index in [9.17, 15) is 0 Å². The first-order chi connectivity index (χ1) is 8.43. The quantitative estimate of drug-likeness (QED) is 0.779. The zero-order valence-electron chi connectivity index (χ0n) is 10.1. The summed E-state index contributed by atoms with van der Waals surface area (Å²) in [7, 11) is 0. The van der Waals surface area contributed by atoms with E-state index in [2.05, 4.69) is 35.0 Å². The first-order valence-electron chi connectivity index (χ1n) is 6.59. The highest BCUT2D eigenvalue weighted by atomic mass is 32.1. The normalized spacial score (nSPS) is 16.2. The Labute approximate surface area is 107 Å². The molecule has 1 fully saturated rings. The van der Waals surface area contributed by atoms with Crippen LogP contribution in [-0.2, 0) is 6.54 Å². The molecular weight excluding hydrogens is 226 g/mol. The van der Waals surface area contributed by atoms with Crippen LogP contribution in [0.4, 0.5) is 0 Å². The van der Waals surface area contributed by atoms with Gasteiger partial charge in [0.1, 0.15) is 0 Å². The first-order valence-corrected chi connectivity index (χ1v) is 7.47. The Morgan fingerprint density at radius 2 is 2.12 bits per heavy atom. The summed E-state index contributed by atoms with van der Waals surface area (Å²) in [6.07, 6.45) is 5.74. The van der Waals surface area contributed by atoms with Crippen molar-refractivity contribution in [3.63, 3.8) is 0 Å². The summed E-state index contributed by atoms with van der Waals surface area (Å²) in [6.45, 7) is 2.20. The Morgan fingerprint density at radius 1 is 1.24 bits per heavy atom. The summed E-state index contributed by atoms with van der Waals surface area (Å²) in [5, 5.41) is 7.30. The third-order valence-corrected chi connectivity index (χ3v) is 4.84. The highest BCUT2D eigenvalue weighted by Crippen LogP contribution is 2.29. The second-order valence-electron chi connectivity index (χ2n) is 5.02. The van der Waals surface area contributed by atoms with Gasteiger partial charge in [-0.25, -0.2) is 0 Å². The lowest BCUT2D eigenvalue weighted by atomic mass is 9.83. The van der Waals surface area contributed by atoms with Crippen molar-refractivity contribution in [3.05, 3.63) is 35.2 Å². The molecule has 1 aliphatic carbocycles. The smallest absolute Gasteiger partial charge is 0.0346 e. The molecule has 3 rings (SSSR count). The van der Waals surface area contributed by atoms with Gasteiger partial charge < -0.3 is 5.32 Å². The Kier molecular flexibility index (Phi) is 3.44. The lowest BCUT2D eigenvalue weighted by Crippen LogP contribution is -2.20. The summed E-state index contributed by atoms with van der Waals surface area (Å²) in [4.78, 5) is 0. The molecule has 2 heteroatoms. The van der Waals surface area contributed by atoms with E-state index in [0.717, 1.165) is 12.5 Å². The van der Waals surface area contributed by atoms with E-state index in [4.69, 9.17) is 0 Å². The number of benzene rings is 1. The van der Waals surface area contributed by atoms with Crippen molar-refractivity contribution < 1.29 is 0 Å². The zero-order valence-corrected chi connectivity index (χ0v) is 10.9. The highest BCUT2D eigenvalue weighted by molar-refractivity contribution is 7.17. The minimum Gasteiger partial charge on any atom is -0.313 e. The Balaban J connectivity index is 1.53. The zero-order chi connectivity index (χ0) is 11.5. The lowest BCUT2D eigenvalue weighted by molar-refractivity contribution is 0.292. The van der Waals surface area contributed by atoms with Crippen molar-refractivity contribution in [2.75, 3.05) is 6.54 Å². The molecule has 2 aromatic rings. The van der Waals surface area contributed by atoms with Crippen molar-refractivity contribution in [2.45, 2.75) is 32.2 Å². The minimum atomic E-state index is 1.02. The Hall–Kier alpha value is -0.860. The van der Waals surface area contributed by atoms with Crippen LogP contribution in [0.5, 0.6) is 0 Å². The molecular formula is C15H19NS. The van der Waals surface area contributed by atoms with E-state index in [0.29, 0.717) is 0 Å².